The van der Waals surface area contributed by atoms with Crippen molar-refractivity contribution in [2.45, 2.75) is 13.1 Å². The van der Waals surface area contributed by atoms with E-state index in [1.54, 1.807) is 59.3 Å². The molecule has 6 heterocycles. The maximum atomic E-state index is 12.1. The highest BCUT2D eigenvalue weighted by Crippen LogP contribution is 2.29. The third-order valence-electron chi connectivity index (χ3n) is 8.59. The van der Waals surface area contributed by atoms with Gasteiger partial charge in [-0.05, 0) is 88.8 Å². The van der Waals surface area contributed by atoms with E-state index in [0.29, 0.717) is 42.2 Å². The van der Waals surface area contributed by atoms with E-state index in [-0.39, 0.29) is 41.7 Å². The Morgan fingerprint density at radius 1 is 0.667 bits per heavy atom. The second-order valence-electron chi connectivity index (χ2n) is 12.9. The van der Waals surface area contributed by atoms with Crippen LogP contribution >= 0.6 is 68.5 Å². The summed E-state index contributed by atoms with van der Waals surface area (Å²) in [4.78, 5) is 41.0. The average molecular weight is 1090 g/mol. The molecule has 8 rings (SSSR count). The van der Waals surface area contributed by atoms with Crippen LogP contribution in [0.4, 0.5) is 0 Å². The molecule has 0 aliphatic rings. The molecule has 0 radical (unpaired) electrons. The molecule has 0 saturated heterocycles. The van der Waals surface area contributed by atoms with Crippen LogP contribution in [0.5, 0.6) is 23.8 Å². The zero-order chi connectivity index (χ0) is 47.2. The van der Waals surface area contributed by atoms with Gasteiger partial charge in [0.1, 0.15) is 11.4 Å². The largest absolute Gasteiger partial charge is 0.495 e. The molecule has 0 aliphatic carbocycles. The highest BCUT2D eigenvalue weighted by molar-refractivity contribution is 14.1. The van der Waals surface area contributed by atoms with Crippen LogP contribution in [0.25, 0.3) is 22.5 Å². The van der Waals surface area contributed by atoms with Gasteiger partial charge >= 0.3 is 19.1 Å². The fourth-order valence-corrected chi connectivity index (χ4v) is 7.67. The molecule has 0 bridgehead atoms. The number of carbonyl (C=O) groups excluding carboxylic acids is 2. The Morgan fingerprint density at radius 2 is 1.14 bits per heavy atom. The summed E-state index contributed by atoms with van der Waals surface area (Å²) in [6.07, 6.45) is 6.43. The summed E-state index contributed by atoms with van der Waals surface area (Å²) in [5.41, 5.74) is 4.78. The van der Waals surface area contributed by atoms with Gasteiger partial charge in [-0.3, -0.25) is 9.59 Å². The SMILES string of the molecule is COc1ncc(-c2ccc(-n3cc(CNC(=O)c4ccc(Cl)s4)nn3)cc2)c(OC)n1.COc1ncc(B(O)O)c(OC)n1.O=C(NCc1cn(-c2ccc(I)cc2)nn1)c1ccc(Cl)s1. The lowest BCUT2D eigenvalue weighted by Crippen LogP contribution is -2.32. The molecule has 8 aromatic rings. The molecule has 340 valence electrons. The Labute approximate surface area is 408 Å². The third kappa shape index (κ3) is 13.4. The highest BCUT2D eigenvalue weighted by Gasteiger charge is 2.20. The number of ether oxygens (including phenoxy) is 4. The van der Waals surface area contributed by atoms with Gasteiger partial charge in [-0.25, -0.2) is 19.3 Å². The predicted octanol–water partition coefficient (Wildman–Crippen LogP) is 5.08. The first-order valence-electron chi connectivity index (χ1n) is 18.9. The number of aromatic nitrogens is 10. The summed E-state index contributed by atoms with van der Waals surface area (Å²) in [5, 5.41) is 39.7. The molecule has 0 atom stereocenters. The minimum atomic E-state index is -1.65. The number of thiophene rings is 2. The van der Waals surface area contributed by atoms with Crippen molar-refractivity contribution in [3.63, 3.8) is 0 Å². The summed E-state index contributed by atoms with van der Waals surface area (Å²) in [7, 11) is 4.17. The molecule has 0 saturated carbocycles. The van der Waals surface area contributed by atoms with Crippen molar-refractivity contribution < 1.29 is 38.6 Å². The zero-order valence-corrected chi connectivity index (χ0v) is 40.3. The van der Waals surface area contributed by atoms with E-state index in [2.05, 4.69) is 73.8 Å². The van der Waals surface area contributed by atoms with E-state index in [9.17, 15) is 9.59 Å². The number of benzene rings is 2. The minimum absolute atomic E-state index is 0.0850. The second kappa shape index (κ2) is 23.8. The molecule has 66 heavy (non-hydrogen) atoms. The van der Waals surface area contributed by atoms with Crippen LogP contribution in [-0.4, -0.2) is 107 Å². The van der Waals surface area contributed by atoms with Gasteiger partial charge in [-0.15, -0.1) is 32.9 Å². The van der Waals surface area contributed by atoms with Gasteiger partial charge in [-0.1, -0.05) is 45.8 Å². The maximum Gasteiger partial charge on any atom is 0.495 e. The first-order valence-corrected chi connectivity index (χ1v) is 22.4. The Hall–Kier alpha value is -6.29. The number of hydrogen-bond donors (Lipinski definition) is 4. The Bertz CT molecular complexity index is 2870. The van der Waals surface area contributed by atoms with Gasteiger partial charge in [0.05, 0.1) is 94.8 Å². The first kappa shape index (κ1) is 49.2. The molecule has 2 amide bonds. The van der Waals surface area contributed by atoms with Crippen molar-refractivity contribution in [2.24, 2.45) is 0 Å². The summed E-state index contributed by atoms with van der Waals surface area (Å²) in [5.74, 6) is 0.138. The standard InChI is InChI=1S/C20H17ClN6O3S.C14H10ClIN4OS.C6H9BN2O4/c1-29-19-15(10-23-20(24-19)30-2)12-3-5-14(6-4-12)27-11-13(25-26-27)9-22-18(28)16-7-8-17(21)31-16;15-13-6-5-12(22-13)14(21)17-7-10-8-20(19-18-10)11-3-1-9(16)2-4-11;1-12-5-4(7(10)11)3-8-6(9-5)13-2/h3-8,10-11H,9H2,1-2H3,(H,22,28);1-6,8H,7H2,(H,17,21);3,10-11H,1-2H3. The molecule has 2 aromatic carbocycles. The number of hydrogen-bond acceptors (Lipinski definition) is 18. The van der Waals surface area contributed by atoms with Gasteiger partial charge in [-0.2, -0.15) is 9.97 Å². The number of carbonyl (C=O) groups is 2. The summed E-state index contributed by atoms with van der Waals surface area (Å²) >= 11 is 16.4. The summed E-state index contributed by atoms with van der Waals surface area (Å²) in [6, 6.07) is 22.7. The second-order valence-corrected chi connectivity index (χ2v) is 17.6. The minimum Gasteiger partial charge on any atom is -0.481 e. The Balaban J connectivity index is 0.000000179. The monoisotopic (exact) mass is 1080 g/mol. The third-order valence-corrected chi connectivity index (χ3v) is 11.8. The van der Waals surface area contributed by atoms with Crippen LogP contribution in [0.3, 0.4) is 0 Å². The lowest BCUT2D eigenvalue weighted by atomic mass is 9.82. The van der Waals surface area contributed by atoms with Crippen molar-refractivity contribution in [3.8, 4) is 46.3 Å². The van der Waals surface area contributed by atoms with Crippen LogP contribution in [0.1, 0.15) is 30.7 Å². The van der Waals surface area contributed by atoms with Crippen LogP contribution in [0, 0.1) is 3.57 Å². The van der Waals surface area contributed by atoms with Crippen LogP contribution in [-0.2, 0) is 13.1 Å². The van der Waals surface area contributed by atoms with E-state index in [0.717, 1.165) is 26.1 Å². The summed E-state index contributed by atoms with van der Waals surface area (Å²) in [6.45, 7) is 0.575. The molecule has 0 aliphatic heterocycles. The number of nitrogens with zero attached hydrogens (tertiary/aromatic N) is 10. The molecule has 26 heteroatoms. The number of methoxy groups -OCH3 is 4. The highest BCUT2D eigenvalue weighted by atomic mass is 127. The van der Waals surface area contributed by atoms with Crippen molar-refractivity contribution in [1.82, 2.24) is 60.6 Å². The summed E-state index contributed by atoms with van der Waals surface area (Å²) < 4.78 is 25.5. The number of amides is 2. The van der Waals surface area contributed by atoms with Gasteiger partial charge < -0.3 is 39.6 Å². The Kier molecular flexibility index (Phi) is 17.7. The quantitative estimate of drug-likeness (QED) is 0.0819. The van der Waals surface area contributed by atoms with Crippen molar-refractivity contribution in [3.05, 3.63) is 131 Å². The molecule has 4 N–H and O–H groups in total. The zero-order valence-electron chi connectivity index (χ0n) is 35.0. The van der Waals surface area contributed by atoms with Gasteiger partial charge in [0.25, 0.3) is 11.8 Å². The number of halogens is 3. The topological polar surface area (TPSA) is 249 Å². The lowest BCUT2D eigenvalue weighted by Gasteiger charge is -2.09. The molecule has 0 spiro atoms. The van der Waals surface area contributed by atoms with E-state index in [1.807, 2.05) is 48.5 Å². The van der Waals surface area contributed by atoms with E-state index in [1.165, 1.54) is 50.2 Å². The van der Waals surface area contributed by atoms with Crippen LogP contribution in [0.15, 0.2) is 97.6 Å². The van der Waals surface area contributed by atoms with E-state index in [4.69, 9.17) is 52.2 Å². The Morgan fingerprint density at radius 3 is 1.58 bits per heavy atom. The van der Waals surface area contributed by atoms with Crippen molar-refractivity contribution in [1.29, 1.82) is 0 Å². The smallest absolute Gasteiger partial charge is 0.481 e. The van der Waals surface area contributed by atoms with Gasteiger partial charge in [0, 0.05) is 16.0 Å². The average Bonchev–Trinajstić information content (AvgIpc) is 4.19. The molecule has 20 nitrogen and oxygen atoms in total. The number of nitrogens with one attached hydrogen (secondary N) is 2. The van der Waals surface area contributed by atoms with Crippen LogP contribution < -0.4 is 35.0 Å². The molecule has 0 fully saturated rings. The lowest BCUT2D eigenvalue weighted by molar-refractivity contribution is 0.0946. The molecule has 0 unspecified atom stereocenters. The van der Waals surface area contributed by atoms with Crippen LogP contribution in [0.2, 0.25) is 8.67 Å². The molecular weight excluding hydrogens is 1050 g/mol. The van der Waals surface area contributed by atoms with E-state index >= 15 is 0 Å². The van der Waals surface area contributed by atoms with Crippen molar-refractivity contribution in [2.75, 3.05) is 28.4 Å². The first-order chi connectivity index (χ1) is 31.9. The fourth-order valence-electron chi connectivity index (χ4n) is 5.39. The maximum absolute atomic E-state index is 12.1. The fraction of sp³-hybridized carbons (Fsp3) is 0.150. The van der Waals surface area contributed by atoms with E-state index < -0.39 is 7.12 Å². The number of rotatable bonds is 14. The van der Waals surface area contributed by atoms with Gasteiger partial charge in [0.2, 0.25) is 11.8 Å². The molecular formula is C40H36BCl2IN12O8S2. The predicted molar refractivity (Wildman–Crippen MR) is 256 cm³/mol. The normalized spacial score (nSPS) is 10.4. The van der Waals surface area contributed by atoms with Crippen molar-refractivity contribution >= 4 is 92.9 Å². The molecule has 6 aromatic heterocycles. The van der Waals surface area contributed by atoms with Gasteiger partial charge in [0.15, 0.2) is 0 Å².